The zero-order valence-electron chi connectivity index (χ0n) is 16.1. The van der Waals surface area contributed by atoms with Crippen molar-refractivity contribution in [3.8, 4) is 0 Å². The quantitative estimate of drug-likeness (QED) is 0.434. The third-order valence-corrected chi connectivity index (χ3v) is 6.82. The molecule has 0 radical (unpaired) electrons. The topological polar surface area (TPSA) is 10.4 Å². The van der Waals surface area contributed by atoms with Crippen LogP contribution in [0.4, 0.5) is 5.69 Å². The van der Waals surface area contributed by atoms with Crippen molar-refractivity contribution >= 4 is 42.1 Å². The van der Waals surface area contributed by atoms with E-state index in [4.69, 9.17) is 0 Å². The SMILES string of the molecule is CN(C)CCC[n+]1c(C=Cc2ccc(N(C)C)cc2)[se]c2ccccc21. The number of fused-ring (bicyclic) bond motifs is 1. The van der Waals surface area contributed by atoms with Crippen LogP contribution >= 0.6 is 0 Å². The number of hydrogen-bond donors (Lipinski definition) is 0. The Kier molecular flexibility index (Phi) is 6.31. The van der Waals surface area contributed by atoms with Crippen LogP contribution in [0.1, 0.15) is 16.6 Å². The summed E-state index contributed by atoms with van der Waals surface area (Å²) in [4.78, 5) is 4.39. The number of aromatic nitrogens is 1. The van der Waals surface area contributed by atoms with Gasteiger partial charge in [-0.15, -0.1) is 0 Å². The third-order valence-electron chi connectivity index (χ3n) is 4.45. The van der Waals surface area contributed by atoms with E-state index in [0.29, 0.717) is 14.5 Å². The minimum absolute atomic E-state index is 0.384. The van der Waals surface area contributed by atoms with Gasteiger partial charge in [-0.05, 0) is 0 Å². The third kappa shape index (κ3) is 4.64. The number of hydrogen-bond acceptors (Lipinski definition) is 2. The van der Waals surface area contributed by atoms with Crippen molar-refractivity contribution in [2.75, 3.05) is 39.6 Å². The van der Waals surface area contributed by atoms with Crippen LogP contribution in [-0.4, -0.2) is 54.1 Å². The Bertz CT molecular complexity index is 876. The first-order valence-electron chi connectivity index (χ1n) is 9.06. The molecule has 1 heterocycles. The molecule has 0 aliphatic heterocycles. The van der Waals surface area contributed by atoms with Gasteiger partial charge in [0.15, 0.2) is 0 Å². The van der Waals surface area contributed by atoms with Crippen LogP contribution in [0, 0.1) is 0 Å². The van der Waals surface area contributed by atoms with E-state index in [1.807, 2.05) is 0 Å². The minimum atomic E-state index is 0.384. The van der Waals surface area contributed by atoms with Gasteiger partial charge in [-0.2, -0.15) is 0 Å². The summed E-state index contributed by atoms with van der Waals surface area (Å²) < 4.78 is 5.46. The van der Waals surface area contributed by atoms with Gasteiger partial charge in [0.1, 0.15) is 0 Å². The summed E-state index contributed by atoms with van der Waals surface area (Å²) in [6.07, 6.45) is 5.74. The van der Waals surface area contributed by atoms with E-state index < -0.39 is 0 Å². The second kappa shape index (κ2) is 8.68. The molecule has 0 spiro atoms. The first kappa shape index (κ1) is 18.9. The summed E-state index contributed by atoms with van der Waals surface area (Å²) in [5.41, 5.74) is 3.88. The number of anilines is 1. The molecule has 26 heavy (non-hydrogen) atoms. The summed E-state index contributed by atoms with van der Waals surface area (Å²) in [5.74, 6) is 0. The van der Waals surface area contributed by atoms with Crippen LogP contribution in [0.5, 0.6) is 0 Å². The molecule has 0 fully saturated rings. The second-order valence-electron chi connectivity index (χ2n) is 7.04. The zero-order valence-corrected chi connectivity index (χ0v) is 17.9. The fourth-order valence-electron chi connectivity index (χ4n) is 3.00. The number of rotatable bonds is 7. The van der Waals surface area contributed by atoms with E-state index in [1.165, 1.54) is 32.0 Å². The van der Waals surface area contributed by atoms with Gasteiger partial charge in [0.25, 0.3) is 0 Å². The van der Waals surface area contributed by atoms with Crippen LogP contribution in [0.3, 0.4) is 0 Å². The molecule has 0 saturated heterocycles. The van der Waals surface area contributed by atoms with Crippen molar-refractivity contribution in [2.24, 2.45) is 0 Å². The maximum atomic E-state index is 2.52. The molecule has 0 aliphatic carbocycles. The fraction of sp³-hybridized carbons (Fsp3) is 0.318. The summed E-state index contributed by atoms with van der Waals surface area (Å²) >= 11 is 0.384. The molecule has 1 aromatic heterocycles. The summed E-state index contributed by atoms with van der Waals surface area (Å²) in [7, 11) is 8.43. The molecule has 4 heteroatoms. The van der Waals surface area contributed by atoms with Crippen molar-refractivity contribution in [3.63, 3.8) is 0 Å². The summed E-state index contributed by atoms with van der Waals surface area (Å²) in [5, 5.41) is 0. The normalized spacial score (nSPS) is 11.7. The summed E-state index contributed by atoms with van der Waals surface area (Å²) in [6.45, 7) is 2.20. The standard InChI is InChI=1S/C22H28N3Se/c1-23(2)16-7-17-25-20-8-5-6-9-21(20)26-22(25)15-12-18-10-13-19(14-11-18)24(3)4/h5-6,8-15H,7,16-17H2,1-4H3/q+1. The van der Waals surface area contributed by atoms with Crippen molar-refractivity contribution in [1.82, 2.24) is 4.90 Å². The van der Waals surface area contributed by atoms with Crippen molar-refractivity contribution in [1.29, 1.82) is 0 Å². The van der Waals surface area contributed by atoms with Gasteiger partial charge in [-0.3, -0.25) is 0 Å². The van der Waals surface area contributed by atoms with Crippen molar-refractivity contribution in [3.05, 3.63) is 58.7 Å². The molecule has 0 amide bonds. The zero-order chi connectivity index (χ0) is 18.5. The van der Waals surface area contributed by atoms with Gasteiger partial charge in [0, 0.05) is 0 Å². The van der Waals surface area contributed by atoms with Crippen LogP contribution in [-0.2, 0) is 6.54 Å². The van der Waals surface area contributed by atoms with Crippen molar-refractivity contribution < 1.29 is 4.57 Å². The average molecular weight is 413 g/mol. The molecule has 0 unspecified atom stereocenters. The molecule has 3 rings (SSSR count). The first-order chi connectivity index (χ1) is 12.5. The Morgan fingerprint density at radius 2 is 1.65 bits per heavy atom. The van der Waals surface area contributed by atoms with Gasteiger partial charge in [0.2, 0.25) is 0 Å². The van der Waals surface area contributed by atoms with E-state index in [9.17, 15) is 0 Å². The number of para-hydroxylation sites is 1. The van der Waals surface area contributed by atoms with Gasteiger partial charge >= 0.3 is 163 Å². The Hall–Kier alpha value is -1.87. The Morgan fingerprint density at radius 3 is 2.35 bits per heavy atom. The van der Waals surface area contributed by atoms with E-state index in [0.717, 1.165) is 13.1 Å². The molecule has 0 aliphatic rings. The molecular formula is C22H28N3Se+. The molecule has 136 valence electrons. The Balaban J connectivity index is 1.85. The molecule has 0 saturated carbocycles. The van der Waals surface area contributed by atoms with Crippen LogP contribution in [0.15, 0.2) is 48.5 Å². The number of aryl methyl sites for hydroxylation is 1. The molecule has 0 bridgehead atoms. The predicted octanol–water partition coefficient (Wildman–Crippen LogP) is 3.37. The van der Waals surface area contributed by atoms with Crippen LogP contribution < -0.4 is 9.47 Å². The molecule has 2 aromatic carbocycles. The van der Waals surface area contributed by atoms with Crippen LogP contribution in [0.25, 0.3) is 21.9 Å². The monoisotopic (exact) mass is 414 g/mol. The van der Waals surface area contributed by atoms with E-state index in [1.54, 1.807) is 0 Å². The average Bonchev–Trinajstić information content (AvgIpc) is 2.98. The molecule has 3 aromatic rings. The Morgan fingerprint density at radius 1 is 0.923 bits per heavy atom. The van der Waals surface area contributed by atoms with Gasteiger partial charge in [-0.25, -0.2) is 0 Å². The first-order valence-corrected chi connectivity index (χ1v) is 10.8. The van der Waals surface area contributed by atoms with Gasteiger partial charge in [-0.1, -0.05) is 0 Å². The predicted molar refractivity (Wildman–Crippen MR) is 114 cm³/mol. The second-order valence-corrected chi connectivity index (χ2v) is 9.26. The summed E-state index contributed by atoms with van der Waals surface area (Å²) in [6, 6.07) is 17.6. The van der Waals surface area contributed by atoms with E-state index >= 15 is 0 Å². The molecular weight excluding hydrogens is 385 g/mol. The maximum absolute atomic E-state index is 2.52. The van der Waals surface area contributed by atoms with Crippen LogP contribution in [0.2, 0.25) is 0 Å². The molecule has 3 nitrogen and oxygen atoms in total. The fourth-order valence-corrected chi connectivity index (χ4v) is 5.29. The number of benzene rings is 2. The number of nitrogens with zero attached hydrogens (tertiary/aromatic N) is 3. The van der Waals surface area contributed by atoms with E-state index in [2.05, 4.69) is 103 Å². The molecule has 0 atom stereocenters. The van der Waals surface area contributed by atoms with Crippen molar-refractivity contribution in [2.45, 2.75) is 13.0 Å². The van der Waals surface area contributed by atoms with Gasteiger partial charge < -0.3 is 0 Å². The molecule has 0 N–H and O–H groups in total. The van der Waals surface area contributed by atoms with Gasteiger partial charge in [0.05, 0.1) is 0 Å². The van der Waals surface area contributed by atoms with E-state index in [-0.39, 0.29) is 0 Å². The Labute approximate surface area is 162 Å².